The molecule has 2 rings (SSSR count). The predicted molar refractivity (Wildman–Crippen MR) is 77.3 cm³/mol. The van der Waals surface area contributed by atoms with E-state index in [1.807, 2.05) is 25.1 Å². The van der Waals surface area contributed by atoms with E-state index >= 15 is 0 Å². The topological polar surface area (TPSA) is 47.0 Å². The van der Waals surface area contributed by atoms with Crippen molar-refractivity contribution in [2.75, 3.05) is 5.32 Å². The Balaban J connectivity index is 2.34. The number of ether oxygens (including phenoxy) is 1. The number of hydrogen-bond acceptors (Lipinski definition) is 4. The third-order valence-electron chi connectivity index (χ3n) is 2.68. The van der Waals surface area contributed by atoms with Gasteiger partial charge in [0, 0.05) is 11.9 Å². The first-order chi connectivity index (χ1) is 10.3. The largest absolute Gasteiger partial charge is 0.474 e. The molecule has 0 bridgehead atoms. The molecule has 0 fully saturated rings. The van der Waals surface area contributed by atoms with E-state index in [-0.39, 0.29) is 5.95 Å². The zero-order chi connectivity index (χ0) is 16.3. The SMILES string of the molecule is Cc1cccc(Nc2ncc(C(F)(F)F)c(OC(C)C)n2)c1. The lowest BCUT2D eigenvalue weighted by Crippen LogP contribution is -2.15. The van der Waals surface area contributed by atoms with Gasteiger partial charge in [-0.3, -0.25) is 0 Å². The Bertz CT molecular complexity index is 657. The summed E-state index contributed by atoms with van der Waals surface area (Å²) in [5.74, 6) is -0.429. The minimum Gasteiger partial charge on any atom is -0.474 e. The van der Waals surface area contributed by atoms with Crippen LogP contribution in [-0.4, -0.2) is 16.1 Å². The fourth-order valence-electron chi connectivity index (χ4n) is 1.79. The second-order valence-electron chi connectivity index (χ2n) is 5.07. The Labute approximate surface area is 126 Å². The van der Waals surface area contributed by atoms with Crippen LogP contribution in [0.25, 0.3) is 0 Å². The van der Waals surface area contributed by atoms with Gasteiger partial charge in [-0.15, -0.1) is 0 Å². The standard InChI is InChI=1S/C15H16F3N3O/c1-9(2)22-13-12(15(16,17)18)8-19-14(21-13)20-11-6-4-5-10(3)7-11/h4-9H,1-3H3,(H,19,20,21). The van der Waals surface area contributed by atoms with Crippen LogP contribution in [0.15, 0.2) is 30.5 Å². The fourth-order valence-corrected chi connectivity index (χ4v) is 1.79. The predicted octanol–water partition coefficient (Wildman–Crippen LogP) is 4.33. The van der Waals surface area contributed by atoms with E-state index in [1.165, 1.54) is 0 Å². The van der Waals surface area contributed by atoms with Crippen LogP contribution >= 0.6 is 0 Å². The first kappa shape index (κ1) is 16.1. The molecule has 1 aromatic heterocycles. The van der Waals surface area contributed by atoms with Gasteiger partial charge in [0.25, 0.3) is 0 Å². The van der Waals surface area contributed by atoms with Crippen molar-refractivity contribution in [2.24, 2.45) is 0 Å². The van der Waals surface area contributed by atoms with Crippen molar-refractivity contribution in [1.82, 2.24) is 9.97 Å². The molecule has 0 amide bonds. The number of hydrogen-bond donors (Lipinski definition) is 1. The highest BCUT2D eigenvalue weighted by Gasteiger charge is 2.36. The summed E-state index contributed by atoms with van der Waals surface area (Å²) in [4.78, 5) is 7.56. The van der Waals surface area contributed by atoms with Crippen LogP contribution in [0.2, 0.25) is 0 Å². The monoisotopic (exact) mass is 311 g/mol. The van der Waals surface area contributed by atoms with Crippen molar-refractivity contribution in [1.29, 1.82) is 0 Å². The molecule has 118 valence electrons. The minimum atomic E-state index is -4.56. The van der Waals surface area contributed by atoms with Crippen molar-refractivity contribution in [2.45, 2.75) is 33.1 Å². The summed E-state index contributed by atoms with van der Waals surface area (Å²) < 4.78 is 44.0. The molecule has 2 aromatic rings. The second-order valence-corrected chi connectivity index (χ2v) is 5.07. The lowest BCUT2D eigenvalue weighted by molar-refractivity contribution is -0.139. The third-order valence-corrected chi connectivity index (χ3v) is 2.68. The molecule has 22 heavy (non-hydrogen) atoms. The Morgan fingerprint density at radius 1 is 1.23 bits per heavy atom. The number of anilines is 2. The van der Waals surface area contributed by atoms with Gasteiger partial charge in [-0.1, -0.05) is 12.1 Å². The maximum atomic E-state index is 12.9. The average molecular weight is 311 g/mol. The number of halogens is 3. The van der Waals surface area contributed by atoms with E-state index < -0.39 is 23.7 Å². The summed E-state index contributed by atoms with van der Waals surface area (Å²) in [6.07, 6.45) is -4.27. The number of nitrogens with zero attached hydrogens (tertiary/aromatic N) is 2. The number of aryl methyl sites for hydroxylation is 1. The van der Waals surface area contributed by atoms with E-state index in [9.17, 15) is 13.2 Å². The first-order valence-corrected chi connectivity index (χ1v) is 6.70. The van der Waals surface area contributed by atoms with Gasteiger partial charge < -0.3 is 10.1 Å². The van der Waals surface area contributed by atoms with E-state index in [1.54, 1.807) is 19.9 Å². The molecule has 0 unspecified atom stereocenters. The Hall–Kier alpha value is -2.31. The second kappa shape index (κ2) is 6.21. The van der Waals surface area contributed by atoms with Crippen LogP contribution in [0.5, 0.6) is 5.88 Å². The molecule has 0 saturated heterocycles. The van der Waals surface area contributed by atoms with Gasteiger partial charge in [0.15, 0.2) is 0 Å². The quantitative estimate of drug-likeness (QED) is 0.912. The minimum absolute atomic E-state index is 0.0502. The average Bonchev–Trinajstić information content (AvgIpc) is 2.36. The van der Waals surface area contributed by atoms with Crippen LogP contribution in [0.4, 0.5) is 24.8 Å². The van der Waals surface area contributed by atoms with Crippen LogP contribution in [0.1, 0.15) is 25.0 Å². The van der Waals surface area contributed by atoms with Crippen LogP contribution < -0.4 is 10.1 Å². The molecular weight excluding hydrogens is 295 g/mol. The molecule has 0 saturated carbocycles. The number of aromatic nitrogens is 2. The highest BCUT2D eigenvalue weighted by Crippen LogP contribution is 2.35. The van der Waals surface area contributed by atoms with E-state index in [0.29, 0.717) is 5.69 Å². The number of nitrogens with one attached hydrogen (secondary N) is 1. The van der Waals surface area contributed by atoms with Gasteiger partial charge in [0.2, 0.25) is 11.8 Å². The Morgan fingerprint density at radius 3 is 2.55 bits per heavy atom. The molecule has 1 aromatic carbocycles. The van der Waals surface area contributed by atoms with Crippen molar-refractivity contribution in [3.05, 3.63) is 41.6 Å². The number of rotatable bonds is 4. The Morgan fingerprint density at radius 2 is 1.95 bits per heavy atom. The number of benzene rings is 1. The summed E-state index contributed by atoms with van der Waals surface area (Å²) in [6, 6.07) is 7.35. The molecule has 0 spiro atoms. The molecule has 7 heteroatoms. The molecular formula is C15H16F3N3O. The van der Waals surface area contributed by atoms with E-state index in [2.05, 4.69) is 15.3 Å². The Kier molecular flexibility index (Phi) is 4.54. The number of alkyl halides is 3. The highest BCUT2D eigenvalue weighted by atomic mass is 19.4. The first-order valence-electron chi connectivity index (χ1n) is 6.70. The lowest BCUT2D eigenvalue weighted by atomic mass is 10.2. The molecule has 1 N–H and O–H groups in total. The summed E-state index contributed by atoms with van der Waals surface area (Å²) >= 11 is 0. The molecule has 4 nitrogen and oxygen atoms in total. The zero-order valence-corrected chi connectivity index (χ0v) is 12.4. The molecule has 0 radical (unpaired) electrons. The molecule has 1 heterocycles. The van der Waals surface area contributed by atoms with Gasteiger partial charge in [0.1, 0.15) is 5.56 Å². The van der Waals surface area contributed by atoms with Crippen LogP contribution in [0, 0.1) is 6.92 Å². The zero-order valence-electron chi connectivity index (χ0n) is 12.4. The van der Waals surface area contributed by atoms with Crippen LogP contribution in [-0.2, 0) is 6.18 Å². The van der Waals surface area contributed by atoms with Gasteiger partial charge in [-0.25, -0.2) is 4.98 Å². The van der Waals surface area contributed by atoms with Crippen LogP contribution in [0.3, 0.4) is 0 Å². The molecule has 0 atom stereocenters. The smallest absolute Gasteiger partial charge is 0.423 e. The van der Waals surface area contributed by atoms with Gasteiger partial charge in [-0.05, 0) is 38.5 Å². The summed E-state index contributed by atoms with van der Waals surface area (Å²) in [6.45, 7) is 5.18. The highest BCUT2D eigenvalue weighted by molar-refractivity contribution is 5.54. The van der Waals surface area contributed by atoms with Gasteiger partial charge in [0.05, 0.1) is 6.10 Å². The molecule has 0 aliphatic rings. The summed E-state index contributed by atoms with van der Waals surface area (Å²) in [7, 11) is 0. The lowest BCUT2D eigenvalue weighted by Gasteiger charge is -2.16. The fraction of sp³-hybridized carbons (Fsp3) is 0.333. The molecule has 0 aliphatic carbocycles. The van der Waals surface area contributed by atoms with Crippen molar-refractivity contribution >= 4 is 11.6 Å². The molecule has 0 aliphatic heterocycles. The van der Waals surface area contributed by atoms with E-state index in [4.69, 9.17) is 4.74 Å². The van der Waals surface area contributed by atoms with Gasteiger partial charge in [-0.2, -0.15) is 18.2 Å². The summed E-state index contributed by atoms with van der Waals surface area (Å²) in [5.41, 5.74) is 0.710. The maximum absolute atomic E-state index is 12.9. The normalized spacial score (nSPS) is 11.6. The van der Waals surface area contributed by atoms with Crippen molar-refractivity contribution in [3.63, 3.8) is 0 Å². The third kappa shape index (κ3) is 4.09. The summed E-state index contributed by atoms with van der Waals surface area (Å²) in [5, 5.41) is 2.87. The van der Waals surface area contributed by atoms with Crippen molar-refractivity contribution in [3.8, 4) is 5.88 Å². The maximum Gasteiger partial charge on any atom is 0.423 e. The van der Waals surface area contributed by atoms with E-state index in [0.717, 1.165) is 11.8 Å². The van der Waals surface area contributed by atoms with Gasteiger partial charge >= 0.3 is 6.18 Å². The van der Waals surface area contributed by atoms with Crippen molar-refractivity contribution < 1.29 is 17.9 Å².